The van der Waals surface area contributed by atoms with Crippen molar-refractivity contribution in [2.75, 3.05) is 6.54 Å². The minimum absolute atomic E-state index is 0.344. The summed E-state index contributed by atoms with van der Waals surface area (Å²) in [6.45, 7) is 2.90. The number of hydrogen-bond acceptors (Lipinski definition) is 1. The molecule has 1 aromatic rings. The fraction of sp³-hybridized carbons (Fsp3) is 0.462. The van der Waals surface area contributed by atoms with Gasteiger partial charge in [-0.05, 0) is 30.4 Å². The summed E-state index contributed by atoms with van der Waals surface area (Å²) in [6.07, 6.45) is 3.28. The first-order chi connectivity index (χ1) is 7.81. The van der Waals surface area contributed by atoms with Gasteiger partial charge in [0.1, 0.15) is 0 Å². The third kappa shape index (κ3) is 2.35. The van der Waals surface area contributed by atoms with E-state index in [1.807, 2.05) is 0 Å². The van der Waals surface area contributed by atoms with Crippen molar-refractivity contribution in [3.05, 3.63) is 35.4 Å². The van der Waals surface area contributed by atoms with Crippen molar-refractivity contribution in [3.63, 3.8) is 0 Å². The molecule has 1 aromatic carbocycles. The molecule has 0 heterocycles. The van der Waals surface area contributed by atoms with Gasteiger partial charge in [0.05, 0.1) is 6.04 Å². The Morgan fingerprint density at radius 1 is 1.50 bits per heavy atom. The number of fused-ring (bicyclic) bond motifs is 1. The molecule has 3 nitrogen and oxygen atoms in total. The molecule has 1 unspecified atom stereocenters. The summed E-state index contributed by atoms with van der Waals surface area (Å²) in [4.78, 5) is 4.26. The quantitative estimate of drug-likeness (QED) is 0.601. The highest BCUT2D eigenvalue weighted by Gasteiger charge is 2.21. The molecule has 0 fully saturated rings. The van der Waals surface area contributed by atoms with Crippen molar-refractivity contribution in [3.8, 4) is 0 Å². The van der Waals surface area contributed by atoms with Crippen molar-refractivity contribution in [2.24, 2.45) is 10.7 Å². The highest BCUT2D eigenvalue weighted by Crippen LogP contribution is 2.30. The SMILES string of the molecule is CCCN=C(N)NC1CCc2ccccc21. The molecule has 0 bridgehead atoms. The molecule has 0 amide bonds. The molecular weight excluding hydrogens is 198 g/mol. The minimum Gasteiger partial charge on any atom is -0.370 e. The summed E-state index contributed by atoms with van der Waals surface area (Å²) >= 11 is 0. The smallest absolute Gasteiger partial charge is 0.189 e. The van der Waals surface area contributed by atoms with Crippen LogP contribution in [0.25, 0.3) is 0 Å². The Kier molecular flexibility index (Phi) is 3.44. The Morgan fingerprint density at radius 2 is 2.31 bits per heavy atom. The second kappa shape index (κ2) is 5.01. The van der Waals surface area contributed by atoms with Gasteiger partial charge < -0.3 is 11.1 Å². The van der Waals surface area contributed by atoms with Gasteiger partial charge in [-0.3, -0.25) is 4.99 Å². The number of aliphatic imine (C=N–C) groups is 1. The number of nitrogens with one attached hydrogen (secondary N) is 1. The van der Waals surface area contributed by atoms with Crippen LogP contribution in [0.3, 0.4) is 0 Å². The number of nitrogens with two attached hydrogens (primary N) is 1. The fourth-order valence-corrected chi connectivity index (χ4v) is 2.16. The van der Waals surface area contributed by atoms with Crippen LogP contribution < -0.4 is 11.1 Å². The van der Waals surface area contributed by atoms with E-state index in [1.54, 1.807) is 0 Å². The normalized spacial score (nSPS) is 19.6. The molecule has 1 aliphatic rings. The molecule has 16 heavy (non-hydrogen) atoms. The second-order valence-electron chi connectivity index (χ2n) is 4.20. The summed E-state index contributed by atoms with van der Waals surface area (Å²) in [5.41, 5.74) is 8.64. The predicted octanol–water partition coefficient (Wildman–Crippen LogP) is 1.99. The van der Waals surface area contributed by atoms with E-state index in [0.29, 0.717) is 12.0 Å². The van der Waals surface area contributed by atoms with Gasteiger partial charge in [-0.1, -0.05) is 31.2 Å². The molecule has 0 saturated carbocycles. The van der Waals surface area contributed by atoms with Crippen LogP contribution >= 0.6 is 0 Å². The fourth-order valence-electron chi connectivity index (χ4n) is 2.16. The van der Waals surface area contributed by atoms with Crippen LogP contribution in [0.1, 0.15) is 36.9 Å². The number of nitrogens with zero attached hydrogens (tertiary/aromatic N) is 1. The van der Waals surface area contributed by atoms with Crippen LogP contribution in [-0.2, 0) is 6.42 Å². The first-order valence-electron chi connectivity index (χ1n) is 5.95. The van der Waals surface area contributed by atoms with Crippen molar-refractivity contribution in [1.82, 2.24) is 5.32 Å². The number of aryl methyl sites for hydroxylation is 1. The highest BCUT2D eigenvalue weighted by molar-refractivity contribution is 5.78. The number of rotatable bonds is 3. The summed E-state index contributed by atoms with van der Waals surface area (Å²) in [7, 11) is 0. The molecule has 0 radical (unpaired) electrons. The van der Waals surface area contributed by atoms with Gasteiger partial charge in [-0.15, -0.1) is 0 Å². The van der Waals surface area contributed by atoms with Crippen molar-refractivity contribution in [1.29, 1.82) is 0 Å². The standard InChI is InChI=1S/C13H19N3/c1-2-9-15-13(14)16-12-8-7-10-5-3-4-6-11(10)12/h3-6,12H,2,7-9H2,1H3,(H3,14,15,16). The average Bonchev–Trinajstić information content (AvgIpc) is 2.70. The summed E-state index contributed by atoms with van der Waals surface area (Å²) < 4.78 is 0. The maximum atomic E-state index is 5.84. The Hall–Kier alpha value is -1.51. The molecule has 3 heteroatoms. The van der Waals surface area contributed by atoms with E-state index in [9.17, 15) is 0 Å². The van der Waals surface area contributed by atoms with Gasteiger partial charge in [0, 0.05) is 6.54 Å². The van der Waals surface area contributed by atoms with Crippen LogP contribution in [0.5, 0.6) is 0 Å². The van der Waals surface area contributed by atoms with E-state index in [2.05, 4.69) is 41.5 Å². The minimum atomic E-state index is 0.344. The lowest BCUT2D eigenvalue weighted by molar-refractivity contribution is 0.634. The Morgan fingerprint density at radius 3 is 3.12 bits per heavy atom. The number of benzene rings is 1. The molecule has 2 rings (SSSR count). The molecule has 86 valence electrons. The second-order valence-corrected chi connectivity index (χ2v) is 4.20. The topological polar surface area (TPSA) is 50.4 Å². The van der Waals surface area contributed by atoms with Crippen molar-refractivity contribution >= 4 is 5.96 Å². The highest BCUT2D eigenvalue weighted by atomic mass is 15.1. The third-order valence-electron chi connectivity index (χ3n) is 2.96. The zero-order valence-corrected chi connectivity index (χ0v) is 9.74. The largest absolute Gasteiger partial charge is 0.370 e. The summed E-state index contributed by atoms with van der Waals surface area (Å²) in [6, 6.07) is 8.88. The van der Waals surface area contributed by atoms with Crippen LogP contribution in [0.4, 0.5) is 0 Å². The van der Waals surface area contributed by atoms with Crippen LogP contribution in [-0.4, -0.2) is 12.5 Å². The molecule has 0 spiro atoms. The van der Waals surface area contributed by atoms with Crippen LogP contribution in [0.2, 0.25) is 0 Å². The van der Waals surface area contributed by atoms with Gasteiger partial charge in [0.15, 0.2) is 5.96 Å². The Labute approximate surface area is 96.8 Å². The van der Waals surface area contributed by atoms with E-state index in [-0.39, 0.29) is 0 Å². The lowest BCUT2D eigenvalue weighted by Gasteiger charge is -2.14. The lowest BCUT2D eigenvalue weighted by atomic mass is 10.1. The molecule has 3 N–H and O–H groups in total. The number of guanidine groups is 1. The van der Waals surface area contributed by atoms with Crippen LogP contribution in [0, 0.1) is 0 Å². The summed E-state index contributed by atoms with van der Waals surface area (Å²) in [5.74, 6) is 0.573. The van der Waals surface area contributed by atoms with Crippen molar-refractivity contribution < 1.29 is 0 Å². The zero-order valence-electron chi connectivity index (χ0n) is 9.74. The monoisotopic (exact) mass is 217 g/mol. The predicted molar refractivity (Wildman–Crippen MR) is 67.4 cm³/mol. The van der Waals surface area contributed by atoms with Gasteiger partial charge in [0.25, 0.3) is 0 Å². The van der Waals surface area contributed by atoms with E-state index in [0.717, 1.165) is 25.8 Å². The van der Waals surface area contributed by atoms with Crippen LogP contribution in [0.15, 0.2) is 29.3 Å². The van der Waals surface area contributed by atoms with Gasteiger partial charge >= 0.3 is 0 Å². The first-order valence-corrected chi connectivity index (χ1v) is 5.95. The van der Waals surface area contributed by atoms with E-state index < -0.39 is 0 Å². The number of hydrogen-bond donors (Lipinski definition) is 2. The summed E-state index contributed by atoms with van der Waals surface area (Å²) in [5, 5.41) is 3.30. The van der Waals surface area contributed by atoms with Crippen molar-refractivity contribution in [2.45, 2.75) is 32.2 Å². The first kappa shape index (κ1) is 11.0. The van der Waals surface area contributed by atoms with E-state index in [4.69, 9.17) is 5.73 Å². The molecule has 0 aromatic heterocycles. The third-order valence-corrected chi connectivity index (χ3v) is 2.96. The molecule has 1 atom stereocenters. The van der Waals surface area contributed by atoms with Gasteiger partial charge in [0.2, 0.25) is 0 Å². The molecule has 0 saturated heterocycles. The molecule has 0 aliphatic heterocycles. The van der Waals surface area contributed by atoms with Gasteiger partial charge in [-0.25, -0.2) is 0 Å². The van der Waals surface area contributed by atoms with Gasteiger partial charge in [-0.2, -0.15) is 0 Å². The molecule has 1 aliphatic carbocycles. The zero-order chi connectivity index (χ0) is 11.4. The van der Waals surface area contributed by atoms with E-state index in [1.165, 1.54) is 11.1 Å². The maximum absolute atomic E-state index is 5.84. The maximum Gasteiger partial charge on any atom is 0.189 e. The average molecular weight is 217 g/mol. The molecular formula is C13H19N3. The Bertz CT molecular complexity index is 385. The van der Waals surface area contributed by atoms with E-state index >= 15 is 0 Å². The Balaban J connectivity index is 2.03. The lowest BCUT2D eigenvalue weighted by Crippen LogP contribution is -2.34.